The Morgan fingerprint density at radius 1 is 1.32 bits per heavy atom. The summed E-state index contributed by atoms with van der Waals surface area (Å²) in [5.74, 6) is -4.86. The highest BCUT2D eigenvalue weighted by Gasteiger charge is 2.46. The van der Waals surface area contributed by atoms with Crippen molar-refractivity contribution < 1.29 is 27.9 Å². The van der Waals surface area contributed by atoms with Crippen LogP contribution < -0.4 is 10.8 Å². The summed E-state index contributed by atoms with van der Waals surface area (Å²) in [5, 5.41) is 2.48. The van der Waals surface area contributed by atoms with Crippen LogP contribution in [0.2, 0.25) is 0 Å². The van der Waals surface area contributed by atoms with E-state index in [0.717, 1.165) is 4.90 Å². The average molecular weight is 404 g/mol. The summed E-state index contributed by atoms with van der Waals surface area (Å²) in [7, 11) is 0. The standard InChI is InChI=1S/C18H30F2N4O4/c1-16(2,3)14-22-12(23-28-14)13(25)21-9-11-7-8-24(10-18(11,19)20)15(26)27-17(4,5)6/h11,14H,7-10H2,1-6H3,(H,21,25)(H,22,23). The molecule has 0 aromatic carbocycles. The van der Waals surface area contributed by atoms with Gasteiger partial charge in [0.25, 0.3) is 11.8 Å². The monoisotopic (exact) mass is 404 g/mol. The van der Waals surface area contributed by atoms with Crippen molar-refractivity contribution in [2.45, 2.75) is 65.7 Å². The van der Waals surface area contributed by atoms with Gasteiger partial charge in [-0.1, -0.05) is 20.8 Å². The number of nitrogens with zero attached hydrogens (tertiary/aromatic N) is 2. The second-order valence-electron chi connectivity index (χ2n) is 9.27. The number of nitrogens with one attached hydrogen (secondary N) is 2. The topological polar surface area (TPSA) is 92.3 Å². The first-order chi connectivity index (χ1) is 12.7. The Morgan fingerprint density at radius 3 is 2.46 bits per heavy atom. The molecule has 0 aromatic heterocycles. The van der Waals surface area contributed by atoms with Gasteiger partial charge in [0, 0.05) is 24.4 Å². The number of amides is 2. The van der Waals surface area contributed by atoms with Gasteiger partial charge in [-0.3, -0.25) is 4.79 Å². The van der Waals surface area contributed by atoms with Crippen LogP contribution in [-0.2, 0) is 14.4 Å². The van der Waals surface area contributed by atoms with Crippen molar-refractivity contribution in [3.63, 3.8) is 0 Å². The highest BCUT2D eigenvalue weighted by Crippen LogP contribution is 2.33. The first kappa shape index (κ1) is 22.3. The molecule has 1 saturated heterocycles. The predicted octanol–water partition coefficient (Wildman–Crippen LogP) is 2.30. The van der Waals surface area contributed by atoms with Crippen LogP contribution in [0.5, 0.6) is 0 Å². The van der Waals surface area contributed by atoms with Crippen molar-refractivity contribution in [3.8, 4) is 0 Å². The molecular weight excluding hydrogens is 374 g/mol. The van der Waals surface area contributed by atoms with E-state index < -0.39 is 42.2 Å². The summed E-state index contributed by atoms with van der Waals surface area (Å²) >= 11 is 0. The summed E-state index contributed by atoms with van der Waals surface area (Å²) in [6.07, 6.45) is -1.25. The fraction of sp³-hybridized carbons (Fsp3) is 0.833. The van der Waals surface area contributed by atoms with Crippen molar-refractivity contribution in [1.82, 2.24) is 15.7 Å². The Kier molecular flexibility index (Phi) is 6.22. The smallest absolute Gasteiger partial charge is 0.410 e. The minimum Gasteiger partial charge on any atom is -0.444 e. The minimum atomic E-state index is -3.14. The molecule has 28 heavy (non-hydrogen) atoms. The molecule has 2 amide bonds. The van der Waals surface area contributed by atoms with Crippen LogP contribution in [0.4, 0.5) is 13.6 Å². The van der Waals surface area contributed by atoms with Gasteiger partial charge in [-0.15, -0.1) is 0 Å². The van der Waals surface area contributed by atoms with Gasteiger partial charge in [0.05, 0.1) is 6.54 Å². The van der Waals surface area contributed by atoms with Gasteiger partial charge >= 0.3 is 6.09 Å². The maximum Gasteiger partial charge on any atom is 0.410 e. The molecule has 0 aliphatic carbocycles. The zero-order chi connectivity index (χ0) is 21.3. The zero-order valence-electron chi connectivity index (χ0n) is 17.3. The number of carbonyl (C=O) groups excluding carboxylic acids is 2. The number of hydrogen-bond acceptors (Lipinski definition) is 6. The van der Waals surface area contributed by atoms with E-state index in [4.69, 9.17) is 9.57 Å². The Labute approximate surface area is 164 Å². The molecule has 2 unspecified atom stereocenters. The number of rotatable bonds is 3. The zero-order valence-corrected chi connectivity index (χ0v) is 17.3. The SMILES string of the molecule is CC(C)(C)OC(=O)N1CCC(CNC(=O)C2=NC(C(C)(C)C)ON2)C(F)(F)C1. The molecule has 1 fully saturated rings. The Bertz CT molecular complexity index is 640. The molecule has 2 N–H and O–H groups in total. The van der Waals surface area contributed by atoms with Crippen molar-refractivity contribution in [2.24, 2.45) is 16.3 Å². The lowest BCUT2D eigenvalue weighted by Crippen LogP contribution is -2.54. The Hall–Kier alpha value is -1.97. The maximum atomic E-state index is 14.5. The van der Waals surface area contributed by atoms with Crippen LogP contribution in [0.25, 0.3) is 0 Å². The number of aliphatic imine (C=N–C) groups is 1. The highest BCUT2D eigenvalue weighted by molar-refractivity contribution is 6.37. The Morgan fingerprint density at radius 2 is 1.96 bits per heavy atom. The van der Waals surface area contributed by atoms with E-state index in [1.54, 1.807) is 20.8 Å². The first-order valence-electron chi connectivity index (χ1n) is 9.32. The van der Waals surface area contributed by atoms with Crippen LogP contribution in [-0.4, -0.2) is 60.1 Å². The number of carbonyl (C=O) groups is 2. The molecule has 0 bridgehead atoms. The van der Waals surface area contributed by atoms with Gasteiger partial charge < -0.3 is 15.0 Å². The number of ether oxygens (including phenoxy) is 1. The number of halogens is 2. The number of hydroxylamine groups is 1. The van der Waals surface area contributed by atoms with E-state index in [1.165, 1.54) is 0 Å². The summed E-state index contributed by atoms with van der Waals surface area (Å²) < 4.78 is 34.1. The van der Waals surface area contributed by atoms with E-state index in [2.05, 4.69) is 15.8 Å². The van der Waals surface area contributed by atoms with Crippen molar-refractivity contribution >= 4 is 17.8 Å². The summed E-state index contributed by atoms with van der Waals surface area (Å²) in [5.41, 5.74) is 1.39. The fourth-order valence-corrected chi connectivity index (χ4v) is 2.78. The van der Waals surface area contributed by atoms with Gasteiger partial charge in [0.1, 0.15) is 5.60 Å². The van der Waals surface area contributed by atoms with E-state index in [-0.39, 0.29) is 30.8 Å². The van der Waals surface area contributed by atoms with Crippen molar-refractivity contribution in [2.75, 3.05) is 19.6 Å². The van der Waals surface area contributed by atoms with Gasteiger partial charge in [0.15, 0.2) is 6.23 Å². The fourth-order valence-electron chi connectivity index (χ4n) is 2.78. The van der Waals surface area contributed by atoms with Gasteiger partial charge in [-0.25, -0.2) is 28.9 Å². The first-order valence-corrected chi connectivity index (χ1v) is 9.32. The van der Waals surface area contributed by atoms with Crippen LogP contribution in [0.15, 0.2) is 4.99 Å². The molecule has 160 valence electrons. The largest absolute Gasteiger partial charge is 0.444 e. The lowest BCUT2D eigenvalue weighted by Gasteiger charge is -2.38. The van der Waals surface area contributed by atoms with Crippen molar-refractivity contribution in [3.05, 3.63) is 0 Å². The van der Waals surface area contributed by atoms with E-state index in [9.17, 15) is 18.4 Å². The van der Waals surface area contributed by atoms with Gasteiger partial charge in [-0.2, -0.15) is 0 Å². The molecule has 0 radical (unpaired) electrons. The number of amidine groups is 1. The summed E-state index contributed by atoms with van der Waals surface area (Å²) in [4.78, 5) is 34.6. The van der Waals surface area contributed by atoms with Crippen LogP contribution >= 0.6 is 0 Å². The molecule has 2 heterocycles. The number of likely N-dealkylation sites (tertiary alicyclic amines) is 1. The highest BCUT2D eigenvalue weighted by atomic mass is 19.3. The normalized spacial score (nSPS) is 25.0. The van der Waals surface area contributed by atoms with E-state index >= 15 is 0 Å². The number of piperidine rings is 1. The third kappa shape index (κ3) is 5.76. The maximum absolute atomic E-state index is 14.5. The molecule has 10 heteroatoms. The Balaban J connectivity index is 1.89. The molecular formula is C18H30F2N4O4. The van der Waals surface area contributed by atoms with Crippen LogP contribution in [0, 0.1) is 11.3 Å². The summed E-state index contributed by atoms with van der Waals surface area (Å²) in [6.45, 7) is 9.93. The van der Waals surface area contributed by atoms with Crippen LogP contribution in [0.1, 0.15) is 48.0 Å². The molecule has 8 nitrogen and oxygen atoms in total. The third-order valence-corrected chi connectivity index (χ3v) is 4.38. The average Bonchev–Trinajstić information content (AvgIpc) is 3.01. The molecule has 2 atom stereocenters. The molecule has 2 aliphatic heterocycles. The van der Waals surface area contributed by atoms with Gasteiger partial charge in [0.2, 0.25) is 5.84 Å². The summed E-state index contributed by atoms with van der Waals surface area (Å²) in [6, 6.07) is 0. The minimum absolute atomic E-state index is 0.0329. The third-order valence-electron chi connectivity index (χ3n) is 4.38. The number of alkyl halides is 2. The van der Waals surface area contributed by atoms with E-state index in [0.29, 0.717) is 0 Å². The number of hydrogen-bond donors (Lipinski definition) is 2. The second-order valence-corrected chi connectivity index (χ2v) is 9.27. The molecule has 2 aliphatic rings. The molecule has 0 aromatic rings. The molecule has 2 rings (SSSR count). The quantitative estimate of drug-likeness (QED) is 0.753. The second kappa shape index (κ2) is 7.81. The van der Waals surface area contributed by atoms with Crippen LogP contribution in [0.3, 0.4) is 0 Å². The molecule has 0 saturated carbocycles. The van der Waals surface area contributed by atoms with Gasteiger partial charge in [-0.05, 0) is 27.2 Å². The lowest BCUT2D eigenvalue weighted by atomic mass is 9.93. The van der Waals surface area contributed by atoms with E-state index in [1.807, 2.05) is 20.8 Å². The molecule has 0 spiro atoms. The predicted molar refractivity (Wildman–Crippen MR) is 98.8 cm³/mol. The van der Waals surface area contributed by atoms with Crippen molar-refractivity contribution in [1.29, 1.82) is 0 Å². The lowest BCUT2D eigenvalue weighted by molar-refractivity contribution is -0.121.